The second kappa shape index (κ2) is 5.32. The molecule has 0 fully saturated rings. The van der Waals surface area contributed by atoms with Gasteiger partial charge in [0.05, 0.1) is 16.3 Å². The zero-order chi connectivity index (χ0) is 14.0. The van der Waals surface area contributed by atoms with Crippen molar-refractivity contribution in [2.45, 2.75) is 32.9 Å². The summed E-state index contributed by atoms with van der Waals surface area (Å²) in [7, 11) is 0. The second-order valence-electron chi connectivity index (χ2n) is 5.00. The summed E-state index contributed by atoms with van der Waals surface area (Å²) in [5.41, 5.74) is 0.0214. The van der Waals surface area contributed by atoms with Crippen molar-refractivity contribution >= 4 is 27.7 Å². The van der Waals surface area contributed by atoms with E-state index in [1.54, 1.807) is 6.07 Å². The summed E-state index contributed by atoms with van der Waals surface area (Å²) in [6.07, 6.45) is 0. The van der Waals surface area contributed by atoms with Crippen molar-refractivity contribution < 1.29 is 4.92 Å². The lowest BCUT2D eigenvalue weighted by Gasteiger charge is -2.19. The van der Waals surface area contributed by atoms with Gasteiger partial charge in [0.2, 0.25) is 0 Å². The molecule has 0 saturated heterocycles. The van der Waals surface area contributed by atoms with Crippen LogP contribution >= 0.6 is 22.7 Å². The maximum absolute atomic E-state index is 10.6. The Morgan fingerprint density at radius 1 is 1.32 bits per heavy atom. The zero-order valence-corrected chi connectivity index (χ0v) is 12.5. The molecule has 2 aromatic heterocycles. The van der Waals surface area contributed by atoms with E-state index in [0.717, 1.165) is 26.2 Å². The van der Waals surface area contributed by atoms with Crippen LogP contribution in [0.15, 0.2) is 12.1 Å². The van der Waals surface area contributed by atoms with Crippen LogP contribution in [0.2, 0.25) is 0 Å². The van der Waals surface area contributed by atoms with E-state index < -0.39 is 4.92 Å². The van der Waals surface area contributed by atoms with E-state index in [4.69, 9.17) is 0 Å². The molecule has 0 aliphatic carbocycles. The Morgan fingerprint density at radius 2 is 2.05 bits per heavy atom. The van der Waals surface area contributed by atoms with E-state index in [1.807, 2.05) is 0 Å². The monoisotopic (exact) mass is 298 g/mol. The summed E-state index contributed by atoms with van der Waals surface area (Å²) in [6.45, 7) is 6.89. The normalized spacial score (nSPS) is 11.7. The molecule has 102 valence electrons. The van der Waals surface area contributed by atoms with Crippen LogP contribution in [-0.2, 0) is 6.54 Å². The van der Waals surface area contributed by atoms with Crippen molar-refractivity contribution in [2.24, 2.45) is 0 Å². The van der Waals surface area contributed by atoms with Crippen molar-refractivity contribution in [2.75, 3.05) is 0 Å². The van der Waals surface area contributed by atoms with Gasteiger partial charge in [-0.3, -0.25) is 10.1 Å². The molecule has 0 spiro atoms. The lowest BCUT2D eigenvalue weighted by Crippen LogP contribution is -2.35. The summed E-state index contributed by atoms with van der Waals surface area (Å²) < 4.78 is 0. The van der Waals surface area contributed by atoms with Gasteiger partial charge < -0.3 is 5.32 Å². The topological polar surface area (TPSA) is 81.0 Å². The molecule has 0 aliphatic rings. The van der Waals surface area contributed by atoms with E-state index in [1.165, 1.54) is 17.4 Å². The molecule has 2 rings (SSSR count). The predicted octanol–water partition coefficient (Wildman–Crippen LogP) is 3.06. The summed E-state index contributed by atoms with van der Waals surface area (Å²) in [5.74, 6) is 0. The quantitative estimate of drug-likeness (QED) is 0.693. The second-order valence-corrected chi connectivity index (χ2v) is 7.12. The maximum Gasteiger partial charge on any atom is 0.324 e. The Balaban J connectivity index is 2.09. The molecular weight excluding hydrogens is 284 g/mol. The van der Waals surface area contributed by atoms with Gasteiger partial charge in [0.15, 0.2) is 5.01 Å². The van der Waals surface area contributed by atoms with Crippen LogP contribution in [0.1, 0.15) is 25.8 Å². The third kappa shape index (κ3) is 3.79. The van der Waals surface area contributed by atoms with Gasteiger partial charge in [-0.05, 0) is 26.8 Å². The minimum atomic E-state index is -0.392. The van der Waals surface area contributed by atoms with Gasteiger partial charge in [-0.2, -0.15) is 0 Å². The maximum atomic E-state index is 10.6. The fourth-order valence-corrected chi connectivity index (χ4v) is 2.96. The molecule has 19 heavy (non-hydrogen) atoms. The first kappa shape index (κ1) is 14.0. The van der Waals surface area contributed by atoms with Gasteiger partial charge in [0, 0.05) is 11.6 Å². The number of nitrogens with zero attached hydrogens (tertiary/aromatic N) is 3. The van der Waals surface area contributed by atoms with E-state index >= 15 is 0 Å². The lowest BCUT2D eigenvalue weighted by atomic mass is 10.1. The number of thiophene rings is 1. The average molecular weight is 298 g/mol. The first-order chi connectivity index (χ1) is 8.85. The van der Waals surface area contributed by atoms with Gasteiger partial charge >= 0.3 is 5.00 Å². The van der Waals surface area contributed by atoms with Crippen molar-refractivity contribution in [1.29, 1.82) is 0 Å². The minimum absolute atomic E-state index is 0.0214. The van der Waals surface area contributed by atoms with Crippen LogP contribution in [0.5, 0.6) is 0 Å². The van der Waals surface area contributed by atoms with Crippen LogP contribution in [-0.4, -0.2) is 20.7 Å². The van der Waals surface area contributed by atoms with E-state index in [2.05, 4.69) is 36.3 Å². The highest BCUT2D eigenvalue weighted by Gasteiger charge is 2.15. The van der Waals surface area contributed by atoms with Crippen LogP contribution in [0, 0.1) is 10.1 Å². The van der Waals surface area contributed by atoms with E-state index in [9.17, 15) is 10.1 Å². The molecule has 0 atom stereocenters. The molecule has 0 amide bonds. The van der Waals surface area contributed by atoms with Gasteiger partial charge in [0.1, 0.15) is 5.01 Å². The highest BCUT2D eigenvalue weighted by atomic mass is 32.1. The van der Waals surface area contributed by atoms with Crippen molar-refractivity contribution in [3.8, 4) is 9.88 Å². The SMILES string of the molecule is CC(C)(C)NCc1nnc(-c2ccc([N+](=O)[O-])s2)s1. The summed E-state index contributed by atoms with van der Waals surface area (Å²) in [4.78, 5) is 11.0. The number of rotatable bonds is 4. The molecule has 0 aromatic carbocycles. The molecule has 8 heteroatoms. The zero-order valence-electron chi connectivity index (χ0n) is 10.8. The van der Waals surface area contributed by atoms with Crippen LogP contribution in [0.4, 0.5) is 5.00 Å². The van der Waals surface area contributed by atoms with Gasteiger partial charge in [-0.25, -0.2) is 0 Å². The molecule has 0 radical (unpaired) electrons. The number of nitrogens with one attached hydrogen (secondary N) is 1. The molecule has 0 saturated carbocycles. The largest absolute Gasteiger partial charge is 0.324 e. The predicted molar refractivity (Wildman–Crippen MR) is 76.5 cm³/mol. The fraction of sp³-hybridized carbons (Fsp3) is 0.455. The molecule has 0 bridgehead atoms. The lowest BCUT2D eigenvalue weighted by molar-refractivity contribution is -0.380. The van der Waals surface area contributed by atoms with Crippen molar-refractivity contribution in [3.63, 3.8) is 0 Å². The first-order valence-corrected chi connectivity index (χ1v) is 7.30. The Morgan fingerprint density at radius 3 is 2.63 bits per heavy atom. The molecule has 2 aromatic rings. The Labute approximate surface area is 118 Å². The third-order valence-electron chi connectivity index (χ3n) is 2.22. The molecular formula is C11H14N4O2S2. The average Bonchev–Trinajstić information content (AvgIpc) is 2.94. The van der Waals surface area contributed by atoms with Gasteiger partial charge in [-0.1, -0.05) is 22.7 Å². The highest BCUT2D eigenvalue weighted by molar-refractivity contribution is 7.23. The molecule has 0 unspecified atom stereocenters. The Bertz CT molecular complexity index is 586. The van der Waals surface area contributed by atoms with Crippen LogP contribution in [0.3, 0.4) is 0 Å². The van der Waals surface area contributed by atoms with Gasteiger partial charge in [0.25, 0.3) is 0 Å². The van der Waals surface area contributed by atoms with Gasteiger partial charge in [-0.15, -0.1) is 10.2 Å². The van der Waals surface area contributed by atoms with Crippen molar-refractivity contribution in [3.05, 3.63) is 27.3 Å². The Kier molecular flexibility index (Phi) is 3.93. The van der Waals surface area contributed by atoms with Crippen molar-refractivity contribution in [1.82, 2.24) is 15.5 Å². The van der Waals surface area contributed by atoms with E-state index in [-0.39, 0.29) is 10.5 Å². The number of aromatic nitrogens is 2. The smallest absolute Gasteiger partial charge is 0.306 e. The molecule has 1 N–H and O–H groups in total. The van der Waals surface area contributed by atoms with E-state index in [0.29, 0.717) is 6.54 Å². The molecule has 2 heterocycles. The minimum Gasteiger partial charge on any atom is -0.306 e. The summed E-state index contributed by atoms with van der Waals surface area (Å²) in [5, 5.41) is 23.9. The Hall–Kier alpha value is -1.38. The molecule has 6 nitrogen and oxygen atoms in total. The fourth-order valence-electron chi connectivity index (χ4n) is 1.31. The summed E-state index contributed by atoms with van der Waals surface area (Å²) in [6, 6.07) is 3.21. The number of hydrogen-bond donors (Lipinski definition) is 1. The third-order valence-corrected chi connectivity index (χ3v) is 4.35. The standard InChI is InChI=1S/C11H14N4O2S2/c1-11(2,3)12-6-8-13-14-10(19-8)7-4-5-9(18-7)15(16)17/h4-5,12H,6H2,1-3H3. The first-order valence-electron chi connectivity index (χ1n) is 5.67. The van der Waals surface area contributed by atoms with Crippen LogP contribution in [0.25, 0.3) is 9.88 Å². The number of nitro groups is 1. The summed E-state index contributed by atoms with van der Waals surface area (Å²) >= 11 is 2.57. The van der Waals surface area contributed by atoms with Crippen LogP contribution < -0.4 is 5.32 Å². The number of hydrogen-bond acceptors (Lipinski definition) is 7. The molecule has 0 aliphatic heterocycles. The highest BCUT2D eigenvalue weighted by Crippen LogP contribution is 2.34.